The number of benzene rings is 1. The Hall–Kier alpha value is -3.48. The molecule has 2 aromatic heterocycles. The van der Waals surface area contributed by atoms with E-state index in [2.05, 4.69) is 20.8 Å². The zero-order valence-corrected chi connectivity index (χ0v) is 14.4. The molecule has 0 atom stereocenters. The predicted octanol–water partition coefficient (Wildman–Crippen LogP) is 2.87. The van der Waals surface area contributed by atoms with E-state index in [4.69, 9.17) is 4.52 Å². The average Bonchev–Trinajstić information content (AvgIpc) is 3.05. The van der Waals surface area contributed by atoms with Gasteiger partial charge in [0.25, 0.3) is 11.8 Å². The number of anilines is 1. The Labute approximate surface area is 150 Å². The molecule has 3 rings (SSSR count). The van der Waals surface area contributed by atoms with Crippen molar-refractivity contribution in [3.8, 4) is 0 Å². The van der Waals surface area contributed by atoms with Gasteiger partial charge < -0.3 is 15.2 Å². The second kappa shape index (κ2) is 7.60. The summed E-state index contributed by atoms with van der Waals surface area (Å²) in [6, 6.07) is 12.4. The monoisotopic (exact) mass is 350 g/mol. The fraction of sp³-hybridized carbons (Fsp3) is 0.158. The molecule has 0 spiro atoms. The third-order valence-electron chi connectivity index (χ3n) is 3.82. The minimum atomic E-state index is -0.466. The summed E-state index contributed by atoms with van der Waals surface area (Å²) >= 11 is 0. The van der Waals surface area contributed by atoms with E-state index in [0.29, 0.717) is 23.7 Å². The molecule has 26 heavy (non-hydrogen) atoms. The average molecular weight is 350 g/mol. The molecule has 0 fully saturated rings. The van der Waals surface area contributed by atoms with E-state index in [1.807, 2.05) is 31.2 Å². The van der Waals surface area contributed by atoms with Gasteiger partial charge in [0.2, 0.25) is 0 Å². The van der Waals surface area contributed by atoms with E-state index in [1.165, 1.54) is 12.3 Å². The predicted molar refractivity (Wildman–Crippen MR) is 95.8 cm³/mol. The fourth-order valence-electron chi connectivity index (χ4n) is 2.39. The van der Waals surface area contributed by atoms with Gasteiger partial charge in [-0.3, -0.25) is 14.6 Å². The van der Waals surface area contributed by atoms with Crippen LogP contribution in [-0.2, 0) is 6.54 Å². The van der Waals surface area contributed by atoms with Crippen LogP contribution >= 0.6 is 0 Å². The molecule has 2 amide bonds. The molecule has 7 nitrogen and oxygen atoms in total. The summed E-state index contributed by atoms with van der Waals surface area (Å²) in [4.78, 5) is 28.6. The highest BCUT2D eigenvalue weighted by atomic mass is 16.5. The largest absolute Gasteiger partial charge is 0.360 e. The summed E-state index contributed by atoms with van der Waals surface area (Å²) in [6.45, 7) is 4.12. The highest BCUT2D eigenvalue weighted by Gasteiger charge is 2.13. The minimum Gasteiger partial charge on any atom is -0.360 e. The minimum absolute atomic E-state index is 0.120. The van der Waals surface area contributed by atoms with Crippen LogP contribution in [0.2, 0.25) is 0 Å². The smallest absolute Gasteiger partial charge is 0.275 e. The maximum absolute atomic E-state index is 12.4. The number of nitrogens with one attached hydrogen (secondary N) is 2. The lowest BCUT2D eigenvalue weighted by molar-refractivity contribution is 0.0950. The van der Waals surface area contributed by atoms with Gasteiger partial charge in [0.15, 0.2) is 5.82 Å². The second-order valence-corrected chi connectivity index (χ2v) is 5.82. The molecule has 3 aromatic rings. The number of carbonyl (C=O) groups is 2. The molecule has 0 unspecified atom stereocenters. The van der Waals surface area contributed by atoms with E-state index in [-0.39, 0.29) is 11.6 Å². The number of carbonyl (C=O) groups excluding carboxylic acids is 2. The van der Waals surface area contributed by atoms with Crippen molar-refractivity contribution >= 4 is 17.6 Å². The van der Waals surface area contributed by atoms with Crippen LogP contribution < -0.4 is 10.6 Å². The summed E-state index contributed by atoms with van der Waals surface area (Å²) in [6.07, 6.45) is 1.42. The second-order valence-electron chi connectivity index (χ2n) is 5.82. The number of nitrogens with zero attached hydrogens (tertiary/aromatic N) is 2. The van der Waals surface area contributed by atoms with Crippen molar-refractivity contribution in [1.29, 1.82) is 0 Å². The molecule has 0 saturated carbocycles. The summed E-state index contributed by atoms with van der Waals surface area (Å²) in [5.41, 5.74) is 2.61. The first-order valence-corrected chi connectivity index (χ1v) is 8.06. The van der Waals surface area contributed by atoms with Crippen LogP contribution in [-0.4, -0.2) is 22.0 Å². The number of aromatic nitrogens is 2. The normalized spacial score (nSPS) is 10.4. The molecule has 0 bridgehead atoms. The Morgan fingerprint density at radius 3 is 2.62 bits per heavy atom. The van der Waals surface area contributed by atoms with Gasteiger partial charge in [-0.05, 0) is 37.1 Å². The molecular weight excluding hydrogens is 332 g/mol. The van der Waals surface area contributed by atoms with E-state index in [9.17, 15) is 9.59 Å². The van der Waals surface area contributed by atoms with Crippen molar-refractivity contribution in [1.82, 2.24) is 15.5 Å². The Morgan fingerprint density at radius 1 is 1.08 bits per heavy atom. The quantitative estimate of drug-likeness (QED) is 0.737. The number of hydrogen-bond acceptors (Lipinski definition) is 5. The van der Waals surface area contributed by atoms with Crippen molar-refractivity contribution in [2.45, 2.75) is 20.4 Å². The van der Waals surface area contributed by atoms with Crippen molar-refractivity contribution in [2.75, 3.05) is 5.32 Å². The van der Waals surface area contributed by atoms with E-state index in [1.54, 1.807) is 19.1 Å². The van der Waals surface area contributed by atoms with Crippen molar-refractivity contribution < 1.29 is 14.1 Å². The summed E-state index contributed by atoms with van der Waals surface area (Å²) in [5.74, 6) is 0.134. The maximum atomic E-state index is 12.4. The fourth-order valence-corrected chi connectivity index (χ4v) is 2.39. The third kappa shape index (κ3) is 4.13. The molecular formula is C19H18N4O3. The molecule has 132 valence electrons. The van der Waals surface area contributed by atoms with Gasteiger partial charge in [-0.25, -0.2) is 0 Å². The number of hydrogen-bond donors (Lipinski definition) is 2. The Kier molecular flexibility index (Phi) is 5.07. The first kappa shape index (κ1) is 17.3. The summed E-state index contributed by atoms with van der Waals surface area (Å²) in [7, 11) is 0. The molecule has 1 aromatic carbocycles. The van der Waals surface area contributed by atoms with E-state index >= 15 is 0 Å². The molecule has 0 aliphatic carbocycles. The van der Waals surface area contributed by atoms with Crippen LogP contribution in [0.5, 0.6) is 0 Å². The first-order valence-electron chi connectivity index (χ1n) is 8.06. The lowest BCUT2D eigenvalue weighted by atomic mass is 10.1. The Morgan fingerprint density at radius 2 is 1.88 bits per heavy atom. The van der Waals surface area contributed by atoms with Gasteiger partial charge in [-0.15, -0.1) is 0 Å². The molecule has 0 saturated heterocycles. The van der Waals surface area contributed by atoms with Gasteiger partial charge in [-0.2, -0.15) is 0 Å². The van der Waals surface area contributed by atoms with Gasteiger partial charge in [0.1, 0.15) is 11.5 Å². The highest BCUT2D eigenvalue weighted by molar-refractivity contribution is 6.04. The van der Waals surface area contributed by atoms with Gasteiger partial charge in [0.05, 0.1) is 0 Å². The number of amides is 2. The molecule has 0 aliphatic rings. The number of aryl methyl sites for hydroxylation is 2. The van der Waals surface area contributed by atoms with Gasteiger partial charge >= 0.3 is 0 Å². The SMILES string of the molecule is Cc1cc(NC(=O)c2cc(C(=O)NCc3ccccc3C)ccn2)no1. The molecule has 2 N–H and O–H groups in total. The van der Waals surface area contributed by atoms with Gasteiger partial charge in [-0.1, -0.05) is 29.4 Å². The Bertz CT molecular complexity index is 949. The number of rotatable bonds is 5. The van der Waals surface area contributed by atoms with Crippen LogP contribution in [0.15, 0.2) is 53.2 Å². The zero-order valence-electron chi connectivity index (χ0n) is 14.4. The van der Waals surface area contributed by atoms with Crippen molar-refractivity contribution in [3.05, 3.63) is 76.8 Å². The zero-order chi connectivity index (χ0) is 18.5. The standard InChI is InChI=1S/C19H18N4O3/c1-12-5-3-4-6-15(12)11-21-18(24)14-7-8-20-16(10-14)19(25)22-17-9-13(2)26-23-17/h3-10H,11H2,1-2H3,(H,21,24)(H,22,23,25). The molecule has 7 heteroatoms. The first-order chi connectivity index (χ1) is 12.5. The van der Waals surface area contributed by atoms with E-state index in [0.717, 1.165) is 11.1 Å². The van der Waals surface area contributed by atoms with Gasteiger partial charge in [0, 0.05) is 24.4 Å². The number of pyridine rings is 1. The maximum Gasteiger partial charge on any atom is 0.275 e. The van der Waals surface area contributed by atoms with Crippen LogP contribution in [0.4, 0.5) is 5.82 Å². The lowest BCUT2D eigenvalue weighted by Crippen LogP contribution is -2.24. The molecule has 2 heterocycles. The highest BCUT2D eigenvalue weighted by Crippen LogP contribution is 2.10. The molecule has 0 radical (unpaired) electrons. The van der Waals surface area contributed by atoms with Crippen LogP contribution in [0.3, 0.4) is 0 Å². The summed E-state index contributed by atoms with van der Waals surface area (Å²) < 4.78 is 4.90. The Balaban J connectivity index is 1.67. The molecule has 0 aliphatic heterocycles. The van der Waals surface area contributed by atoms with Crippen molar-refractivity contribution in [3.63, 3.8) is 0 Å². The topological polar surface area (TPSA) is 97.1 Å². The third-order valence-corrected chi connectivity index (χ3v) is 3.82. The lowest BCUT2D eigenvalue weighted by Gasteiger charge is -2.08. The van der Waals surface area contributed by atoms with Crippen LogP contribution in [0.25, 0.3) is 0 Å². The summed E-state index contributed by atoms with van der Waals surface area (Å²) in [5, 5.41) is 9.12. The van der Waals surface area contributed by atoms with E-state index < -0.39 is 5.91 Å². The van der Waals surface area contributed by atoms with Crippen LogP contribution in [0, 0.1) is 13.8 Å². The van der Waals surface area contributed by atoms with Crippen molar-refractivity contribution in [2.24, 2.45) is 0 Å². The van der Waals surface area contributed by atoms with Crippen LogP contribution in [0.1, 0.15) is 37.7 Å².